The lowest BCUT2D eigenvalue weighted by Gasteiger charge is -2.19. The van der Waals surface area contributed by atoms with Gasteiger partial charge >= 0.3 is 0 Å². The van der Waals surface area contributed by atoms with Crippen molar-refractivity contribution in [2.75, 3.05) is 18.4 Å². The van der Waals surface area contributed by atoms with Crippen LogP contribution in [0.25, 0.3) is 10.9 Å². The summed E-state index contributed by atoms with van der Waals surface area (Å²) in [5.74, 6) is 2.04. The zero-order valence-electron chi connectivity index (χ0n) is 17.6. The topological polar surface area (TPSA) is 66.9 Å². The van der Waals surface area contributed by atoms with Gasteiger partial charge < -0.3 is 10.6 Å². The van der Waals surface area contributed by atoms with Gasteiger partial charge in [0, 0.05) is 35.0 Å². The molecule has 1 aliphatic rings. The number of aromatic nitrogens is 2. The number of fused-ring (bicyclic) bond motifs is 1. The highest BCUT2D eigenvalue weighted by Crippen LogP contribution is 2.39. The first kappa shape index (κ1) is 20.6. The van der Waals surface area contributed by atoms with Crippen molar-refractivity contribution in [3.63, 3.8) is 0 Å². The van der Waals surface area contributed by atoms with Crippen LogP contribution in [0.2, 0.25) is 5.02 Å². The molecule has 1 saturated carbocycles. The van der Waals surface area contributed by atoms with Gasteiger partial charge in [0.05, 0.1) is 5.52 Å². The molecule has 1 amide bonds. The van der Waals surface area contributed by atoms with Gasteiger partial charge in [-0.1, -0.05) is 44.5 Å². The Morgan fingerprint density at radius 1 is 1.07 bits per heavy atom. The first-order valence-corrected chi connectivity index (χ1v) is 10.8. The fourth-order valence-electron chi connectivity index (χ4n) is 3.36. The second-order valence-corrected chi connectivity index (χ2v) is 9.31. The third kappa shape index (κ3) is 4.73. The molecule has 0 atom stereocenters. The molecule has 0 saturated heterocycles. The highest BCUT2D eigenvalue weighted by Gasteiger charge is 2.27. The van der Waals surface area contributed by atoms with Crippen LogP contribution in [0.15, 0.2) is 42.5 Å². The molecule has 0 radical (unpaired) electrons. The molecule has 5 nitrogen and oxygen atoms in total. The first-order valence-electron chi connectivity index (χ1n) is 10.4. The maximum absolute atomic E-state index is 12.4. The number of carbonyl (C=O) groups is 1. The zero-order valence-corrected chi connectivity index (χ0v) is 18.4. The van der Waals surface area contributed by atoms with Crippen LogP contribution < -0.4 is 10.6 Å². The maximum Gasteiger partial charge on any atom is 0.251 e. The molecule has 6 heteroatoms. The summed E-state index contributed by atoms with van der Waals surface area (Å²) < 4.78 is 0. The van der Waals surface area contributed by atoms with Crippen molar-refractivity contribution in [2.45, 2.75) is 44.9 Å². The Morgan fingerprint density at radius 2 is 1.80 bits per heavy atom. The molecule has 156 valence electrons. The Morgan fingerprint density at radius 3 is 2.47 bits per heavy atom. The van der Waals surface area contributed by atoms with Crippen LogP contribution in [0.1, 0.15) is 61.3 Å². The van der Waals surface area contributed by atoms with E-state index in [1.54, 1.807) is 0 Å². The van der Waals surface area contributed by atoms with Gasteiger partial charge in [0.2, 0.25) is 0 Å². The smallest absolute Gasteiger partial charge is 0.251 e. The van der Waals surface area contributed by atoms with Gasteiger partial charge in [0.25, 0.3) is 5.91 Å². The lowest BCUT2D eigenvalue weighted by molar-refractivity contribution is 0.0955. The van der Waals surface area contributed by atoms with Crippen molar-refractivity contribution in [2.24, 2.45) is 0 Å². The second kappa shape index (κ2) is 8.23. The Bertz CT molecular complexity index is 1070. The fraction of sp³-hybridized carbons (Fsp3) is 0.375. The van der Waals surface area contributed by atoms with Crippen molar-refractivity contribution >= 4 is 34.2 Å². The number of rotatable bonds is 6. The van der Waals surface area contributed by atoms with Crippen LogP contribution in [0.5, 0.6) is 0 Å². The monoisotopic (exact) mass is 422 g/mol. The van der Waals surface area contributed by atoms with Crippen LogP contribution in [0.4, 0.5) is 5.82 Å². The molecule has 2 N–H and O–H groups in total. The van der Waals surface area contributed by atoms with Crippen LogP contribution >= 0.6 is 11.6 Å². The fourth-order valence-corrected chi connectivity index (χ4v) is 3.53. The summed E-state index contributed by atoms with van der Waals surface area (Å²) in [7, 11) is 0. The van der Waals surface area contributed by atoms with Gasteiger partial charge in [0.15, 0.2) is 0 Å². The van der Waals surface area contributed by atoms with E-state index >= 15 is 0 Å². The summed E-state index contributed by atoms with van der Waals surface area (Å²) in [5.41, 5.74) is 2.80. The predicted molar refractivity (Wildman–Crippen MR) is 122 cm³/mol. The van der Waals surface area contributed by atoms with E-state index in [0.717, 1.165) is 35.4 Å². The standard InChI is InChI=1S/C24H27ClN4O/c1-24(2,3)17-8-6-16(7-9-17)23(30)27-13-12-26-22-19-11-10-18(25)14-20(19)28-21(29-22)15-4-5-15/h6-11,14-15H,4-5,12-13H2,1-3H3,(H,27,30)(H,26,28,29). The van der Waals surface area contributed by atoms with Gasteiger partial charge in [-0.3, -0.25) is 4.79 Å². The first-order chi connectivity index (χ1) is 14.3. The van der Waals surface area contributed by atoms with Crippen molar-refractivity contribution in [3.05, 3.63) is 64.4 Å². The van der Waals surface area contributed by atoms with Crippen LogP contribution in [-0.4, -0.2) is 29.0 Å². The number of hydrogen-bond acceptors (Lipinski definition) is 4. The van der Waals surface area contributed by atoms with Crippen molar-refractivity contribution in [1.82, 2.24) is 15.3 Å². The predicted octanol–water partition coefficient (Wildman–Crippen LogP) is 5.30. The van der Waals surface area contributed by atoms with Crippen LogP contribution in [-0.2, 0) is 5.41 Å². The summed E-state index contributed by atoms with van der Waals surface area (Å²) in [5, 5.41) is 7.93. The second-order valence-electron chi connectivity index (χ2n) is 8.88. The molecular formula is C24H27ClN4O. The average Bonchev–Trinajstić information content (AvgIpc) is 3.55. The number of amides is 1. The molecule has 0 bridgehead atoms. The molecule has 3 aromatic rings. The SMILES string of the molecule is CC(C)(C)c1ccc(C(=O)NCCNc2nc(C3CC3)nc3cc(Cl)ccc23)cc1. The van der Waals surface area contributed by atoms with Crippen molar-refractivity contribution < 1.29 is 4.79 Å². The number of halogens is 1. The van der Waals surface area contributed by atoms with Crippen molar-refractivity contribution in [3.8, 4) is 0 Å². The van der Waals surface area contributed by atoms with Crippen LogP contribution in [0, 0.1) is 0 Å². The number of hydrogen-bond donors (Lipinski definition) is 2. The molecule has 0 spiro atoms. The Balaban J connectivity index is 1.38. The average molecular weight is 423 g/mol. The molecule has 1 heterocycles. The summed E-state index contributed by atoms with van der Waals surface area (Å²) in [6.45, 7) is 7.55. The van der Waals surface area contributed by atoms with Crippen LogP contribution in [0.3, 0.4) is 0 Å². The van der Waals surface area contributed by atoms with Gasteiger partial charge in [0.1, 0.15) is 11.6 Å². The lowest BCUT2D eigenvalue weighted by Crippen LogP contribution is -2.29. The normalized spacial score (nSPS) is 14.0. The van der Waals surface area contributed by atoms with E-state index in [9.17, 15) is 4.79 Å². The largest absolute Gasteiger partial charge is 0.368 e. The molecular weight excluding hydrogens is 396 g/mol. The summed E-state index contributed by atoms with van der Waals surface area (Å²) in [6.07, 6.45) is 2.27. The number of anilines is 1. The molecule has 4 rings (SSSR count). The van der Waals surface area contributed by atoms with E-state index in [4.69, 9.17) is 16.6 Å². The molecule has 1 aromatic heterocycles. The molecule has 0 unspecified atom stereocenters. The number of nitrogens with one attached hydrogen (secondary N) is 2. The van der Waals surface area contributed by atoms with Gasteiger partial charge in [-0.25, -0.2) is 9.97 Å². The Kier molecular flexibility index (Phi) is 5.65. The van der Waals surface area contributed by atoms with Crippen molar-refractivity contribution in [1.29, 1.82) is 0 Å². The Labute approximate surface area is 182 Å². The minimum absolute atomic E-state index is 0.0722. The highest BCUT2D eigenvalue weighted by molar-refractivity contribution is 6.31. The van der Waals surface area contributed by atoms with Gasteiger partial charge in [-0.2, -0.15) is 0 Å². The number of benzene rings is 2. The molecule has 1 aliphatic carbocycles. The Hall–Kier alpha value is -2.66. The van der Waals surface area contributed by atoms with E-state index in [1.165, 1.54) is 5.56 Å². The van der Waals surface area contributed by atoms with E-state index in [0.29, 0.717) is 29.6 Å². The summed E-state index contributed by atoms with van der Waals surface area (Å²) >= 11 is 6.14. The minimum atomic E-state index is -0.0738. The van der Waals surface area contributed by atoms with E-state index in [1.807, 2.05) is 42.5 Å². The summed E-state index contributed by atoms with van der Waals surface area (Å²) in [4.78, 5) is 21.8. The molecule has 30 heavy (non-hydrogen) atoms. The molecule has 0 aliphatic heterocycles. The molecule has 2 aromatic carbocycles. The quantitative estimate of drug-likeness (QED) is 0.529. The van der Waals surface area contributed by atoms with E-state index in [2.05, 4.69) is 36.4 Å². The van der Waals surface area contributed by atoms with Gasteiger partial charge in [-0.15, -0.1) is 0 Å². The van der Waals surface area contributed by atoms with E-state index < -0.39 is 0 Å². The maximum atomic E-state index is 12.4. The molecule has 1 fully saturated rings. The zero-order chi connectivity index (χ0) is 21.3. The number of carbonyl (C=O) groups excluding carboxylic acids is 1. The third-order valence-corrected chi connectivity index (χ3v) is 5.57. The third-order valence-electron chi connectivity index (χ3n) is 5.33. The highest BCUT2D eigenvalue weighted by atomic mass is 35.5. The lowest BCUT2D eigenvalue weighted by atomic mass is 9.87. The summed E-state index contributed by atoms with van der Waals surface area (Å²) in [6, 6.07) is 13.5. The van der Waals surface area contributed by atoms with E-state index in [-0.39, 0.29) is 11.3 Å². The van der Waals surface area contributed by atoms with Gasteiger partial charge in [-0.05, 0) is 54.2 Å². The number of nitrogens with zero attached hydrogens (tertiary/aromatic N) is 2. The minimum Gasteiger partial charge on any atom is -0.368 e.